The Morgan fingerprint density at radius 1 is 1.30 bits per heavy atom. The number of fused-ring (bicyclic) bond motifs is 1. The number of ether oxygens (including phenoxy) is 2. The summed E-state index contributed by atoms with van der Waals surface area (Å²) in [6, 6.07) is 8.73. The highest BCUT2D eigenvalue weighted by Gasteiger charge is 2.24. The molecule has 0 spiro atoms. The van der Waals surface area contributed by atoms with Crippen LogP contribution in [0.2, 0.25) is 0 Å². The van der Waals surface area contributed by atoms with E-state index < -0.39 is 17.9 Å². The molecule has 0 fully saturated rings. The van der Waals surface area contributed by atoms with E-state index in [1.165, 1.54) is 20.2 Å². The molecule has 0 saturated heterocycles. The number of hydrogen-bond acceptors (Lipinski definition) is 5. The molecule has 1 amide bonds. The van der Waals surface area contributed by atoms with Gasteiger partial charge in [-0.05, 0) is 43.7 Å². The Kier molecular flexibility index (Phi) is 5.60. The molecule has 3 aromatic rings. The predicted molar refractivity (Wildman–Crippen MR) is 106 cm³/mol. The van der Waals surface area contributed by atoms with Gasteiger partial charge in [-0.25, -0.2) is 4.98 Å². The number of halogens is 2. The predicted octanol–water partition coefficient (Wildman–Crippen LogP) is 3.77. The second-order valence-corrected chi connectivity index (χ2v) is 7.03. The van der Waals surface area contributed by atoms with Gasteiger partial charge >= 0.3 is 6.61 Å². The molecule has 2 heterocycles. The van der Waals surface area contributed by atoms with Gasteiger partial charge in [0.25, 0.3) is 5.91 Å². The summed E-state index contributed by atoms with van der Waals surface area (Å²) in [7, 11) is 2.72. The van der Waals surface area contributed by atoms with Crippen LogP contribution in [0, 0.1) is 11.3 Å². The van der Waals surface area contributed by atoms with Gasteiger partial charge < -0.3 is 14.8 Å². The van der Waals surface area contributed by atoms with Crippen molar-refractivity contribution in [3.05, 3.63) is 47.8 Å². The Hall–Kier alpha value is -3.67. The molecule has 0 bridgehead atoms. The lowest BCUT2D eigenvalue weighted by Crippen LogP contribution is -2.20. The number of nitrogens with zero attached hydrogens (tertiary/aromatic N) is 3. The number of pyridine rings is 1. The van der Waals surface area contributed by atoms with Gasteiger partial charge in [-0.3, -0.25) is 9.20 Å². The Balaban J connectivity index is 2.19. The number of amides is 1. The maximum Gasteiger partial charge on any atom is 0.387 e. The first kappa shape index (κ1) is 21.0. The Morgan fingerprint density at radius 2 is 2.00 bits per heavy atom. The smallest absolute Gasteiger partial charge is 0.387 e. The average Bonchev–Trinajstić information content (AvgIpc) is 3.15. The van der Waals surface area contributed by atoms with E-state index in [0.717, 1.165) is 5.56 Å². The van der Waals surface area contributed by atoms with Crippen molar-refractivity contribution in [2.45, 2.75) is 25.9 Å². The first-order chi connectivity index (χ1) is 14.2. The molecule has 1 aromatic carbocycles. The fourth-order valence-corrected chi connectivity index (χ4v) is 3.08. The minimum absolute atomic E-state index is 0.0830. The zero-order valence-electron chi connectivity index (χ0n) is 16.9. The lowest BCUT2D eigenvalue weighted by atomic mass is 9.87. The Labute approximate surface area is 171 Å². The van der Waals surface area contributed by atoms with E-state index >= 15 is 0 Å². The molecular weight excluding hydrogens is 394 g/mol. The van der Waals surface area contributed by atoms with Crippen LogP contribution in [0.5, 0.6) is 11.5 Å². The van der Waals surface area contributed by atoms with Crippen LogP contribution in [0.1, 0.15) is 29.8 Å². The summed E-state index contributed by atoms with van der Waals surface area (Å²) in [5, 5.41) is 11.7. The number of carbonyl (C=O) groups excluding carboxylic acids is 1. The molecular formula is C21H20F2N4O3. The summed E-state index contributed by atoms with van der Waals surface area (Å²) >= 11 is 0. The van der Waals surface area contributed by atoms with Crippen molar-refractivity contribution < 1.29 is 23.0 Å². The van der Waals surface area contributed by atoms with Gasteiger partial charge in [0.2, 0.25) is 0 Å². The molecule has 3 rings (SSSR count). The van der Waals surface area contributed by atoms with Gasteiger partial charge in [-0.15, -0.1) is 0 Å². The first-order valence-electron chi connectivity index (χ1n) is 9.00. The molecule has 0 aliphatic carbocycles. The Bertz CT molecular complexity index is 1150. The van der Waals surface area contributed by atoms with Crippen molar-refractivity contribution in [3.8, 4) is 28.8 Å². The van der Waals surface area contributed by atoms with Crippen LogP contribution in [0.4, 0.5) is 8.78 Å². The van der Waals surface area contributed by atoms with Crippen molar-refractivity contribution in [1.29, 1.82) is 5.26 Å². The third-order valence-corrected chi connectivity index (χ3v) is 4.77. The van der Waals surface area contributed by atoms with E-state index in [1.54, 1.807) is 48.8 Å². The second-order valence-electron chi connectivity index (χ2n) is 7.03. The van der Waals surface area contributed by atoms with Gasteiger partial charge in [-0.1, -0.05) is 0 Å². The number of rotatable bonds is 6. The molecule has 0 unspecified atom stereocenters. The summed E-state index contributed by atoms with van der Waals surface area (Å²) < 4.78 is 37.6. The average molecular weight is 414 g/mol. The maximum atomic E-state index is 13.0. The van der Waals surface area contributed by atoms with Crippen LogP contribution < -0.4 is 14.8 Å². The number of methoxy groups -OCH3 is 1. The van der Waals surface area contributed by atoms with Crippen LogP contribution in [0.15, 0.2) is 36.7 Å². The van der Waals surface area contributed by atoms with Crippen LogP contribution in [0.3, 0.4) is 0 Å². The fraction of sp³-hybridized carbons (Fsp3) is 0.286. The molecule has 2 aromatic heterocycles. The summed E-state index contributed by atoms with van der Waals surface area (Å²) in [6.07, 6.45) is 3.32. The molecule has 0 aliphatic rings. The quantitative estimate of drug-likeness (QED) is 0.663. The maximum absolute atomic E-state index is 13.0. The molecule has 1 N–H and O–H groups in total. The van der Waals surface area contributed by atoms with Crippen LogP contribution in [-0.4, -0.2) is 36.1 Å². The highest BCUT2D eigenvalue weighted by Crippen LogP contribution is 2.36. The highest BCUT2D eigenvalue weighted by atomic mass is 19.3. The molecule has 0 radical (unpaired) electrons. The second kappa shape index (κ2) is 7.99. The number of alkyl halides is 2. The number of nitriles is 1. The van der Waals surface area contributed by atoms with Gasteiger partial charge in [-0.2, -0.15) is 14.0 Å². The minimum Gasteiger partial charge on any atom is -0.496 e. The van der Waals surface area contributed by atoms with Crippen LogP contribution in [0.25, 0.3) is 16.9 Å². The number of nitrogens with one attached hydrogen (secondary N) is 1. The summed E-state index contributed by atoms with van der Waals surface area (Å²) in [5.74, 6) is -0.842. The van der Waals surface area contributed by atoms with Crippen molar-refractivity contribution in [3.63, 3.8) is 0 Å². The van der Waals surface area contributed by atoms with E-state index in [1.807, 2.05) is 0 Å². The van der Waals surface area contributed by atoms with E-state index in [-0.39, 0.29) is 17.1 Å². The lowest BCUT2D eigenvalue weighted by Gasteiger charge is -2.17. The van der Waals surface area contributed by atoms with Crippen molar-refractivity contribution in [2.24, 2.45) is 0 Å². The van der Waals surface area contributed by atoms with E-state index in [0.29, 0.717) is 16.9 Å². The van der Waals surface area contributed by atoms with Gasteiger partial charge in [0, 0.05) is 18.8 Å². The number of carbonyl (C=O) groups is 1. The number of benzene rings is 1. The van der Waals surface area contributed by atoms with Crippen molar-refractivity contribution >= 4 is 11.6 Å². The third kappa shape index (κ3) is 3.76. The van der Waals surface area contributed by atoms with Crippen LogP contribution >= 0.6 is 0 Å². The zero-order chi connectivity index (χ0) is 22.1. The topological polar surface area (TPSA) is 88.6 Å². The lowest BCUT2D eigenvalue weighted by molar-refractivity contribution is -0.0502. The Morgan fingerprint density at radius 3 is 2.60 bits per heavy atom. The standard InChI is InChI=1S/C21H20F2N4O3/c1-21(2,11-24)13-5-6-27-14(10-26-17(27)9-13)12-7-15(29-4)18(19(28)25-3)16(8-12)30-20(22)23/h5-10,20H,1-4H3,(H,25,28). The van der Waals surface area contributed by atoms with Crippen molar-refractivity contribution in [1.82, 2.24) is 14.7 Å². The molecule has 9 heteroatoms. The number of hydrogen-bond donors (Lipinski definition) is 1. The molecule has 0 atom stereocenters. The molecule has 0 saturated carbocycles. The van der Waals surface area contributed by atoms with E-state index in [9.17, 15) is 18.8 Å². The highest BCUT2D eigenvalue weighted by molar-refractivity contribution is 6.00. The normalized spacial score (nSPS) is 11.4. The number of imidazole rings is 1. The fourth-order valence-electron chi connectivity index (χ4n) is 3.08. The minimum atomic E-state index is -3.12. The SMILES string of the molecule is CNC(=O)c1c(OC)cc(-c2cnc3cc(C(C)(C)C#N)ccn23)cc1OC(F)F. The van der Waals surface area contributed by atoms with E-state index in [2.05, 4.69) is 21.1 Å². The van der Waals surface area contributed by atoms with Crippen molar-refractivity contribution in [2.75, 3.05) is 14.2 Å². The molecule has 0 aliphatic heterocycles. The van der Waals surface area contributed by atoms with Gasteiger partial charge in [0.15, 0.2) is 0 Å². The molecule has 156 valence electrons. The molecule has 7 nitrogen and oxygen atoms in total. The first-order valence-corrected chi connectivity index (χ1v) is 9.00. The van der Waals surface area contributed by atoms with Gasteiger partial charge in [0.1, 0.15) is 22.7 Å². The van der Waals surface area contributed by atoms with E-state index in [4.69, 9.17) is 4.74 Å². The summed E-state index contributed by atoms with van der Waals surface area (Å²) in [5.41, 5.74) is 1.60. The monoisotopic (exact) mass is 414 g/mol. The largest absolute Gasteiger partial charge is 0.496 e. The zero-order valence-corrected chi connectivity index (χ0v) is 16.9. The summed E-state index contributed by atoms with van der Waals surface area (Å²) in [4.78, 5) is 16.6. The molecule has 30 heavy (non-hydrogen) atoms. The third-order valence-electron chi connectivity index (χ3n) is 4.77. The van der Waals surface area contributed by atoms with Gasteiger partial charge in [0.05, 0.1) is 30.5 Å². The van der Waals surface area contributed by atoms with Crippen LogP contribution in [-0.2, 0) is 5.41 Å². The number of aromatic nitrogens is 2. The summed E-state index contributed by atoms with van der Waals surface area (Å²) in [6.45, 7) is 0.490.